The number of hydrogen-bond acceptors (Lipinski definition) is 6. The number of nitrogens with zero attached hydrogens (tertiary/aromatic N) is 3. The molecule has 1 aliphatic rings. The van der Waals surface area contributed by atoms with Crippen LogP contribution in [0, 0.1) is 0 Å². The van der Waals surface area contributed by atoms with Gasteiger partial charge in [-0.1, -0.05) is 6.42 Å². The summed E-state index contributed by atoms with van der Waals surface area (Å²) in [4.78, 5) is 17.4. The summed E-state index contributed by atoms with van der Waals surface area (Å²) in [5, 5.41) is 3.31. The van der Waals surface area contributed by atoms with Gasteiger partial charge in [0.25, 0.3) is 0 Å². The van der Waals surface area contributed by atoms with Gasteiger partial charge in [0.15, 0.2) is 5.96 Å². The summed E-state index contributed by atoms with van der Waals surface area (Å²) < 4.78 is 36.3. The summed E-state index contributed by atoms with van der Waals surface area (Å²) in [7, 11) is -0.159. The number of nitrogens with one attached hydrogen (secondary N) is 1. The van der Waals surface area contributed by atoms with Gasteiger partial charge in [0, 0.05) is 46.2 Å². The van der Waals surface area contributed by atoms with Crippen LogP contribution in [-0.2, 0) is 24.3 Å². The summed E-state index contributed by atoms with van der Waals surface area (Å²) in [6, 6.07) is 0. The number of hydrogen-bond donors (Lipinski definition) is 1. The number of esters is 1. The topological polar surface area (TPSA) is 101 Å². The Balaban J connectivity index is 0.00000784. The minimum absolute atomic E-state index is 0. The van der Waals surface area contributed by atoms with Crippen LogP contribution in [0.2, 0.25) is 0 Å². The van der Waals surface area contributed by atoms with E-state index in [1.807, 2.05) is 13.8 Å². The van der Waals surface area contributed by atoms with Crippen LogP contribution in [-0.4, -0.2) is 94.9 Å². The number of rotatable bonds is 11. The molecule has 0 radical (unpaired) electrons. The van der Waals surface area contributed by atoms with Gasteiger partial charge in [-0.15, -0.1) is 24.0 Å². The van der Waals surface area contributed by atoms with Gasteiger partial charge in [-0.05, 0) is 26.7 Å². The normalized spacial score (nSPS) is 15.9. The Labute approximate surface area is 192 Å². The second-order valence-corrected chi connectivity index (χ2v) is 9.07. The first-order valence-electron chi connectivity index (χ1n) is 9.92. The van der Waals surface area contributed by atoms with Crippen molar-refractivity contribution in [3.63, 3.8) is 0 Å². The van der Waals surface area contributed by atoms with Gasteiger partial charge in [0.05, 0.1) is 25.6 Å². The molecule has 0 spiro atoms. The molecule has 1 saturated heterocycles. The Kier molecular flexibility index (Phi) is 14.8. The molecule has 0 aromatic carbocycles. The molecule has 1 aliphatic heterocycles. The van der Waals surface area contributed by atoms with Gasteiger partial charge in [-0.2, -0.15) is 4.31 Å². The van der Waals surface area contributed by atoms with Crippen LogP contribution in [0.25, 0.3) is 0 Å². The van der Waals surface area contributed by atoms with Gasteiger partial charge in [-0.3, -0.25) is 9.79 Å². The zero-order chi connectivity index (χ0) is 21.0. The first-order valence-corrected chi connectivity index (χ1v) is 11.5. The van der Waals surface area contributed by atoms with Crippen LogP contribution in [0.15, 0.2) is 4.99 Å². The molecule has 1 N–H and O–H groups in total. The number of unbranched alkanes of at least 4 members (excludes halogenated alkanes) is 2. The van der Waals surface area contributed by atoms with E-state index < -0.39 is 10.0 Å². The Morgan fingerprint density at radius 3 is 2.34 bits per heavy atom. The van der Waals surface area contributed by atoms with Crippen LogP contribution in [0.5, 0.6) is 0 Å². The monoisotopic (exact) mass is 548 g/mol. The number of methoxy groups -OCH3 is 1. The maximum absolute atomic E-state index is 12.4. The summed E-state index contributed by atoms with van der Waals surface area (Å²) in [5.74, 6) is 0.629. The predicted molar refractivity (Wildman–Crippen MR) is 125 cm³/mol. The highest BCUT2D eigenvalue weighted by atomic mass is 127. The van der Waals surface area contributed by atoms with Gasteiger partial charge < -0.3 is 19.7 Å². The average Bonchev–Trinajstić information content (AvgIpc) is 2.67. The van der Waals surface area contributed by atoms with Gasteiger partial charge >= 0.3 is 5.97 Å². The largest absolute Gasteiger partial charge is 0.469 e. The maximum Gasteiger partial charge on any atom is 0.305 e. The number of halogens is 1. The van der Waals surface area contributed by atoms with E-state index in [2.05, 4.69) is 19.9 Å². The van der Waals surface area contributed by atoms with E-state index in [0.29, 0.717) is 32.6 Å². The fourth-order valence-corrected chi connectivity index (χ4v) is 4.19. The van der Waals surface area contributed by atoms with Crippen LogP contribution in [0.4, 0.5) is 0 Å². The standard InChI is InChI=1S/C18H36N4O5S.HI/c1-16(2)27-14-15-28(24,25)22-12-10-21(11-13-22)18(19-3)20-9-7-5-6-8-17(23)26-4;/h16H,5-15H2,1-4H3,(H,19,20);1H. The van der Waals surface area contributed by atoms with Crippen molar-refractivity contribution < 1.29 is 22.7 Å². The molecule has 0 atom stereocenters. The van der Waals surface area contributed by atoms with Crippen molar-refractivity contribution >= 4 is 45.9 Å². The highest BCUT2D eigenvalue weighted by Crippen LogP contribution is 2.09. The van der Waals surface area contributed by atoms with Crippen molar-refractivity contribution in [1.82, 2.24) is 14.5 Å². The van der Waals surface area contributed by atoms with Crippen LogP contribution in [0.3, 0.4) is 0 Å². The highest BCUT2D eigenvalue weighted by molar-refractivity contribution is 14.0. The molecule has 172 valence electrons. The Morgan fingerprint density at radius 1 is 1.14 bits per heavy atom. The Morgan fingerprint density at radius 2 is 1.79 bits per heavy atom. The molecule has 9 nitrogen and oxygen atoms in total. The van der Waals surface area contributed by atoms with Crippen molar-refractivity contribution in [2.45, 2.75) is 45.6 Å². The number of sulfonamides is 1. The lowest BCUT2D eigenvalue weighted by molar-refractivity contribution is -0.140. The molecule has 29 heavy (non-hydrogen) atoms. The van der Waals surface area contributed by atoms with E-state index in [4.69, 9.17) is 4.74 Å². The Hall–Kier alpha value is -0.660. The van der Waals surface area contributed by atoms with E-state index in [1.54, 1.807) is 7.05 Å². The minimum atomic E-state index is -3.29. The number of piperazine rings is 1. The molecule has 0 aliphatic carbocycles. The summed E-state index contributed by atoms with van der Waals surface area (Å²) in [5.41, 5.74) is 0. The maximum atomic E-state index is 12.4. The molecule has 0 amide bonds. The van der Waals surface area contributed by atoms with Crippen molar-refractivity contribution in [1.29, 1.82) is 0 Å². The van der Waals surface area contributed by atoms with Gasteiger partial charge in [-0.25, -0.2) is 8.42 Å². The number of ether oxygens (including phenoxy) is 2. The molecular weight excluding hydrogens is 511 g/mol. The van der Waals surface area contributed by atoms with Gasteiger partial charge in [0.1, 0.15) is 0 Å². The van der Waals surface area contributed by atoms with Crippen molar-refractivity contribution in [2.75, 3.05) is 59.2 Å². The molecule has 1 heterocycles. The molecule has 11 heteroatoms. The molecule has 0 aromatic rings. The molecule has 0 saturated carbocycles. The smallest absolute Gasteiger partial charge is 0.305 e. The first kappa shape index (κ1) is 28.3. The fraction of sp³-hybridized carbons (Fsp3) is 0.889. The van der Waals surface area contributed by atoms with Crippen molar-refractivity contribution in [3.05, 3.63) is 0 Å². The molecular formula is C18H37IN4O5S. The first-order chi connectivity index (χ1) is 13.3. The third-order valence-corrected chi connectivity index (χ3v) is 6.34. The number of guanidine groups is 1. The SMILES string of the molecule is CN=C(NCCCCCC(=O)OC)N1CCN(S(=O)(=O)CCOC(C)C)CC1.I. The van der Waals surface area contributed by atoms with E-state index in [1.165, 1.54) is 11.4 Å². The molecule has 0 unspecified atom stereocenters. The third-order valence-electron chi connectivity index (χ3n) is 4.50. The van der Waals surface area contributed by atoms with E-state index in [0.717, 1.165) is 31.8 Å². The molecule has 0 bridgehead atoms. The lowest BCUT2D eigenvalue weighted by Crippen LogP contribution is -2.54. The Bertz CT molecular complexity index is 593. The number of carbonyl (C=O) groups excluding carboxylic acids is 1. The second kappa shape index (κ2) is 15.2. The van der Waals surface area contributed by atoms with Crippen LogP contribution in [0.1, 0.15) is 39.5 Å². The lowest BCUT2D eigenvalue weighted by atomic mass is 10.2. The number of carbonyl (C=O) groups is 1. The highest BCUT2D eigenvalue weighted by Gasteiger charge is 2.27. The third kappa shape index (κ3) is 11.3. The van der Waals surface area contributed by atoms with E-state index >= 15 is 0 Å². The fourth-order valence-electron chi connectivity index (χ4n) is 2.90. The molecule has 1 rings (SSSR count). The summed E-state index contributed by atoms with van der Waals surface area (Å²) in [6.07, 6.45) is 3.15. The lowest BCUT2D eigenvalue weighted by Gasteiger charge is -2.35. The van der Waals surface area contributed by atoms with Crippen LogP contribution < -0.4 is 5.32 Å². The molecule has 1 fully saturated rings. The van der Waals surface area contributed by atoms with E-state index in [-0.39, 0.29) is 48.4 Å². The van der Waals surface area contributed by atoms with Crippen molar-refractivity contribution in [2.24, 2.45) is 4.99 Å². The average molecular weight is 548 g/mol. The predicted octanol–water partition coefficient (Wildman–Crippen LogP) is 1.29. The summed E-state index contributed by atoms with van der Waals surface area (Å²) >= 11 is 0. The minimum Gasteiger partial charge on any atom is -0.469 e. The molecule has 0 aromatic heterocycles. The zero-order valence-corrected chi connectivity index (χ0v) is 21.2. The second-order valence-electron chi connectivity index (χ2n) is 6.98. The van der Waals surface area contributed by atoms with Crippen molar-refractivity contribution in [3.8, 4) is 0 Å². The van der Waals surface area contributed by atoms with Crippen LogP contribution >= 0.6 is 24.0 Å². The quantitative estimate of drug-likeness (QED) is 0.137. The summed E-state index contributed by atoms with van der Waals surface area (Å²) in [6.45, 7) is 6.87. The zero-order valence-electron chi connectivity index (χ0n) is 18.1. The van der Waals surface area contributed by atoms with E-state index in [9.17, 15) is 13.2 Å². The number of aliphatic imine (C=N–C) groups is 1. The van der Waals surface area contributed by atoms with Gasteiger partial charge in [0.2, 0.25) is 10.0 Å².